The predicted octanol–water partition coefficient (Wildman–Crippen LogP) is 4.57. The molecule has 0 fully saturated rings. The molecule has 3 rings (SSSR count). The molecule has 0 aliphatic heterocycles. The first-order chi connectivity index (χ1) is 12.1. The van der Waals surface area contributed by atoms with Crippen molar-refractivity contribution >= 4 is 34.8 Å². The first-order valence-corrected chi connectivity index (χ1v) is 8.20. The van der Waals surface area contributed by atoms with E-state index in [1.807, 2.05) is 30.3 Å². The number of aromatic nitrogens is 1. The van der Waals surface area contributed by atoms with Gasteiger partial charge in [-0.05, 0) is 24.3 Å². The number of nitrogens with zero attached hydrogens (tertiary/aromatic N) is 2. The minimum absolute atomic E-state index is 0.285. The van der Waals surface area contributed by atoms with Gasteiger partial charge in [0.05, 0.1) is 15.8 Å². The molecule has 0 unspecified atom stereocenters. The van der Waals surface area contributed by atoms with E-state index in [0.717, 1.165) is 11.1 Å². The number of halogens is 2. The number of rotatable bonds is 4. The van der Waals surface area contributed by atoms with Gasteiger partial charge in [0.25, 0.3) is 5.91 Å². The maximum atomic E-state index is 12.2. The van der Waals surface area contributed by atoms with Crippen molar-refractivity contribution in [2.24, 2.45) is 5.10 Å². The molecule has 1 N–H and O–H groups in total. The third kappa shape index (κ3) is 4.24. The number of carbonyl (C=O) groups excluding carboxylic acids is 1. The van der Waals surface area contributed by atoms with Gasteiger partial charge in [-0.15, -0.1) is 0 Å². The standard InChI is InChI=1S/C19H13Cl2N3O/c20-15-10-9-14(12-16(15)21)18(13-6-2-1-3-7-13)23-24-19(25)17-8-4-5-11-22-17/h1-12H,(H,24,25). The molecule has 1 aromatic heterocycles. The van der Waals surface area contributed by atoms with Crippen LogP contribution in [0.3, 0.4) is 0 Å². The molecule has 0 spiro atoms. The van der Waals surface area contributed by atoms with Crippen LogP contribution in [0, 0.1) is 0 Å². The number of nitrogens with one attached hydrogen (secondary N) is 1. The van der Waals surface area contributed by atoms with Crippen molar-refractivity contribution in [1.82, 2.24) is 10.4 Å². The molecule has 1 amide bonds. The molecule has 4 nitrogen and oxygen atoms in total. The summed E-state index contributed by atoms with van der Waals surface area (Å²) in [5.74, 6) is -0.394. The molecule has 0 bridgehead atoms. The summed E-state index contributed by atoms with van der Waals surface area (Å²) in [4.78, 5) is 16.2. The van der Waals surface area contributed by atoms with Crippen LogP contribution in [0.25, 0.3) is 0 Å². The van der Waals surface area contributed by atoms with E-state index in [0.29, 0.717) is 15.8 Å². The van der Waals surface area contributed by atoms with Crippen molar-refractivity contribution in [2.75, 3.05) is 0 Å². The average molecular weight is 370 g/mol. The van der Waals surface area contributed by atoms with Crippen molar-refractivity contribution in [3.8, 4) is 0 Å². The van der Waals surface area contributed by atoms with Gasteiger partial charge in [0, 0.05) is 17.3 Å². The normalized spacial score (nSPS) is 11.2. The lowest BCUT2D eigenvalue weighted by Gasteiger charge is -2.09. The van der Waals surface area contributed by atoms with Gasteiger partial charge < -0.3 is 0 Å². The van der Waals surface area contributed by atoms with Gasteiger partial charge in [-0.3, -0.25) is 9.78 Å². The minimum Gasteiger partial charge on any atom is -0.266 e. The fourth-order valence-electron chi connectivity index (χ4n) is 2.20. The first-order valence-electron chi connectivity index (χ1n) is 7.45. The number of pyridine rings is 1. The fourth-order valence-corrected chi connectivity index (χ4v) is 2.49. The highest BCUT2D eigenvalue weighted by Gasteiger charge is 2.11. The molecule has 3 aromatic rings. The average Bonchev–Trinajstić information content (AvgIpc) is 2.66. The van der Waals surface area contributed by atoms with E-state index in [2.05, 4.69) is 15.5 Å². The van der Waals surface area contributed by atoms with Gasteiger partial charge in [0.2, 0.25) is 0 Å². The van der Waals surface area contributed by atoms with E-state index in [9.17, 15) is 4.79 Å². The van der Waals surface area contributed by atoms with Crippen LogP contribution in [0.5, 0.6) is 0 Å². The summed E-state index contributed by atoms with van der Waals surface area (Å²) < 4.78 is 0. The van der Waals surface area contributed by atoms with Crippen molar-refractivity contribution in [3.63, 3.8) is 0 Å². The van der Waals surface area contributed by atoms with Gasteiger partial charge >= 0.3 is 0 Å². The zero-order valence-corrected chi connectivity index (χ0v) is 14.5. The molecule has 25 heavy (non-hydrogen) atoms. The monoisotopic (exact) mass is 369 g/mol. The summed E-state index contributed by atoms with van der Waals surface area (Å²) in [6, 6.07) is 19.8. The van der Waals surface area contributed by atoms with E-state index in [-0.39, 0.29) is 5.69 Å². The Bertz CT molecular complexity index is 912. The van der Waals surface area contributed by atoms with Gasteiger partial charge in [-0.1, -0.05) is 65.7 Å². The van der Waals surface area contributed by atoms with Gasteiger partial charge in [0.1, 0.15) is 5.69 Å². The molecule has 0 atom stereocenters. The zero-order valence-electron chi connectivity index (χ0n) is 13.0. The van der Waals surface area contributed by atoms with E-state index in [1.54, 1.807) is 42.6 Å². The lowest BCUT2D eigenvalue weighted by molar-refractivity contribution is 0.0950. The SMILES string of the molecule is O=C(NN=C(c1ccccc1)c1ccc(Cl)c(Cl)c1)c1ccccn1. The highest BCUT2D eigenvalue weighted by atomic mass is 35.5. The van der Waals surface area contributed by atoms with E-state index in [1.165, 1.54) is 0 Å². The molecule has 1 heterocycles. The lowest BCUT2D eigenvalue weighted by Crippen LogP contribution is -2.21. The number of benzene rings is 2. The Balaban J connectivity index is 1.96. The largest absolute Gasteiger partial charge is 0.289 e. The summed E-state index contributed by atoms with van der Waals surface area (Å²) in [5.41, 5.74) is 4.97. The molecule has 124 valence electrons. The quantitative estimate of drug-likeness (QED) is 0.540. The van der Waals surface area contributed by atoms with Crippen LogP contribution in [0.1, 0.15) is 21.6 Å². The highest BCUT2D eigenvalue weighted by molar-refractivity contribution is 6.42. The van der Waals surface area contributed by atoms with Crippen LogP contribution in [0.15, 0.2) is 78.0 Å². The molecule has 0 radical (unpaired) electrons. The topological polar surface area (TPSA) is 54.4 Å². The Hall–Kier alpha value is -2.69. The summed E-state index contributed by atoms with van der Waals surface area (Å²) in [5, 5.41) is 5.16. The number of hydrogen-bond donors (Lipinski definition) is 1. The Kier molecular flexibility index (Phi) is 5.43. The number of hydrogen-bond acceptors (Lipinski definition) is 3. The number of amides is 1. The van der Waals surface area contributed by atoms with Crippen molar-refractivity contribution in [1.29, 1.82) is 0 Å². The van der Waals surface area contributed by atoms with Gasteiger partial charge in [0.15, 0.2) is 0 Å². The predicted molar refractivity (Wildman–Crippen MR) is 100 cm³/mol. The molecular formula is C19H13Cl2N3O. The third-order valence-corrected chi connectivity index (χ3v) is 4.15. The Morgan fingerprint density at radius 2 is 1.64 bits per heavy atom. The summed E-state index contributed by atoms with van der Waals surface area (Å²) >= 11 is 12.1. The second-order valence-corrected chi connectivity index (χ2v) is 5.93. The molecular weight excluding hydrogens is 357 g/mol. The van der Waals surface area contributed by atoms with Crippen LogP contribution >= 0.6 is 23.2 Å². The van der Waals surface area contributed by atoms with Gasteiger partial charge in [-0.25, -0.2) is 5.43 Å². The summed E-state index contributed by atoms with van der Waals surface area (Å²) in [6.07, 6.45) is 1.55. The van der Waals surface area contributed by atoms with Crippen molar-refractivity contribution in [2.45, 2.75) is 0 Å². The molecule has 2 aromatic carbocycles. The van der Waals surface area contributed by atoms with Gasteiger partial charge in [-0.2, -0.15) is 5.10 Å². The van der Waals surface area contributed by atoms with Crippen molar-refractivity contribution < 1.29 is 4.79 Å². The van der Waals surface area contributed by atoms with E-state index in [4.69, 9.17) is 23.2 Å². The number of hydrazone groups is 1. The van der Waals surface area contributed by atoms with Crippen LogP contribution < -0.4 is 5.43 Å². The summed E-state index contributed by atoms with van der Waals surface area (Å²) in [7, 11) is 0. The Morgan fingerprint density at radius 1 is 0.880 bits per heavy atom. The molecule has 6 heteroatoms. The molecule has 0 saturated heterocycles. The second-order valence-electron chi connectivity index (χ2n) is 5.11. The smallest absolute Gasteiger partial charge is 0.266 e. The van der Waals surface area contributed by atoms with Crippen LogP contribution in [0.4, 0.5) is 0 Å². The van der Waals surface area contributed by atoms with Crippen LogP contribution in [-0.4, -0.2) is 16.6 Å². The molecule has 0 saturated carbocycles. The first kappa shape index (κ1) is 17.1. The summed E-state index contributed by atoms with van der Waals surface area (Å²) in [6.45, 7) is 0. The van der Waals surface area contributed by atoms with E-state index >= 15 is 0 Å². The third-order valence-electron chi connectivity index (χ3n) is 3.41. The maximum Gasteiger partial charge on any atom is 0.289 e. The Morgan fingerprint density at radius 3 is 2.32 bits per heavy atom. The lowest BCUT2D eigenvalue weighted by atomic mass is 10.0. The minimum atomic E-state index is -0.394. The highest BCUT2D eigenvalue weighted by Crippen LogP contribution is 2.24. The van der Waals surface area contributed by atoms with Crippen LogP contribution in [-0.2, 0) is 0 Å². The maximum absolute atomic E-state index is 12.2. The molecule has 0 aliphatic carbocycles. The fraction of sp³-hybridized carbons (Fsp3) is 0. The zero-order chi connectivity index (χ0) is 17.6. The van der Waals surface area contributed by atoms with Crippen molar-refractivity contribution in [3.05, 3.63) is 99.8 Å². The van der Waals surface area contributed by atoms with Crippen LogP contribution in [0.2, 0.25) is 10.0 Å². The Labute approximate surface area is 155 Å². The van der Waals surface area contributed by atoms with E-state index < -0.39 is 5.91 Å². The second kappa shape index (κ2) is 7.92. The number of carbonyl (C=O) groups is 1. The molecule has 0 aliphatic rings.